The topological polar surface area (TPSA) is 76.7 Å². The minimum atomic E-state index is -0.165. The maximum atomic E-state index is 11.3. The van der Waals surface area contributed by atoms with Crippen LogP contribution >= 0.6 is 0 Å². The van der Waals surface area contributed by atoms with Crippen LogP contribution in [-0.4, -0.2) is 14.5 Å². The third-order valence-electron chi connectivity index (χ3n) is 2.34. The lowest BCUT2D eigenvalue weighted by Crippen LogP contribution is -2.11. The lowest BCUT2D eigenvalue weighted by Gasteiger charge is -2.00. The third kappa shape index (κ3) is 1.09. The predicted octanol–water partition coefficient (Wildman–Crippen LogP) is 0.406. The van der Waals surface area contributed by atoms with Crippen molar-refractivity contribution in [3.8, 4) is 0 Å². The van der Waals surface area contributed by atoms with Crippen LogP contribution in [0.2, 0.25) is 0 Å². The first-order valence-corrected chi connectivity index (χ1v) is 4.47. The number of nitrogen functional groups attached to an aromatic ring is 1. The molecule has 0 aliphatic heterocycles. The molecule has 0 spiro atoms. The Labute approximate surface area is 80.6 Å². The van der Waals surface area contributed by atoms with E-state index < -0.39 is 0 Å². The van der Waals surface area contributed by atoms with Crippen molar-refractivity contribution < 1.29 is 0 Å². The van der Waals surface area contributed by atoms with Crippen LogP contribution in [0.4, 0.5) is 5.82 Å². The second-order valence-corrected chi connectivity index (χ2v) is 3.24. The largest absolute Gasteiger partial charge is 0.382 e. The van der Waals surface area contributed by atoms with Crippen molar-refractivity contribution >= 4 is 16.9 Å². The van der Waals surface area contributed by atoms with Gasteiger partial charge in [0.2, 0.25) is 0 Å². The maximum absolute atomic E-state index is 11.3. The summed E-state index contributed by atoms with van der Waals surface area (Å²) < 4.78 is 1.53. The molecular weight excluding hydrogens is 180 g/mol. The quantitative estimate of drug-likeness (QED) is 0.686. The third-order valence-corrected chi connectivity index (χ3v) is 2.34. The van der Waals surface area contributed by atoms with Crippen molar-refractivity contribution in [2.24, 2.45) is 7.05 Å². The van der Waals surface area contributed by atoms with E-state index in [4.69, 9.17) is 5.73 Å². The van der Waals surface area contributed by atoms with Crippen LogP contribution in [-0.2, 0) is 13.5 Å². The van der Waals surface area contributed by atoms with Gasteiger partial charge in [-0.3, -0.25) is 4.57 Å². The molecule has 0 aromatic carbocycles. The Morgan fingerprint density at radius 2 is 2.36 bits per heavy atom. The van der Waals surface area contributed by atoms with Gasteiger partial charge in [-0.1, -0.05) is 6.92 Å². The number of H-pyrrole nitrogens is 1. The Morgan fingerprint density at radius 3 is 3.00 bits per heavy atom. The van der Waals surface area contributed by atoms with Crippen molar-refractivity contribution in [3.05, 3.63) is 22.2 Å². The van der Waals surface area contributed by atoms with Gasteiger partial charge in [0.05, 0.1) is 5.52 Å². The molecule has 0 saturated carbocycles. The molecule has 3 N–H and O–H groups in total. The highest BCUT2D eigenvalue weighted by molar-refractivity contribution is 5.85. The van der Waals surface area contributed by atoms with Gasteiger partial charge in [-0.25, -0.2) is 9.78 Å². The average molecular weight is 192 g/mol. The number of aromatic nitrogens is 3. The van der Waals surface area contributed by atoms with Crippen LogP contribution < -0.4 is 11.4 Å². The summed E-state index contributed by atoms with van der Waals surface area (Å²) in [6.07, 6.45) is 0.805. The Kier molecular flexibility index (Phi) is 1.80. The number of nitrogens with zero attached hydrogens (tertiary/aromatic N) is 2. The first kappa shape index (κ1) is 8.80. The molecular formula is C9H12N4O. The number of imidazole rings is 1. The maximum Gasteiger partial charge on any atom is 0.326 e. The number of rotatable bonds is 1. The lowest BCUT2D eigenvalue weighted by molar-refractivity contribution is 0.890. The molecule has 0 atom stereocenters. The highest BCUT2D eigenvalue weighted by Gasteiger charge is 2.08. The van der Waals surface area contributed by atoms with Gasteiger partial charge < -0.3 is 10.7 Å². The van der Waals surface area contributed by atoms with E-state index in [0.717, 1.165) is 17.6 Å². The highest BCUT2D eigenvalue weighted by atomic mass is 16.1. The zero-order chi connectivity index (χ0) is 10.3. The van der Waals surface area contributed by atoms with Gasteiger partial charge in [-0.15, -0.1) is 0 Å². The summed E-state index contributed by atoms with van der Waals surface area (Å²) in [7, 11) is 1.71. The minimum Gasteiger partial charge on any atom is -0.382 e. The Bertz CT molecular complexity index is 537. The summed E-state index contributed by atoms with van der Waals surface area (Å²) in [5.41, 5.74) is 7.87. The van der Waals surface area contributed by atoms with Crippen molar-refractivity contribution in [3.63, 3.8) is 0 Å². The molecule has 0 aliphatic carbocycles. The van der Waals surface area contributed by atoms with Crippen LogP contribution in [0.25, 0.3) is 11.0 Å². The second-order valence-electron chi connectivity index (χ2n) is 3.24. The van der Waals surface area contributed by atoms with E-state index in [1.807, 2.05) is 13.0 Å². The molecule has 0 amide bonds. The van der Waals surface area contributed by atoms with E-state index in [0.29, 0.717) is 11.3 Å². The Balaban J connectivity index is 2.90. The molecule has 0 bridgehead atoms. The average Bonchev–Trinajstić information content (AvgIpc) is 2.45. The van der Waals surface area contributed by atoms with Crippen molar-refractivity contribution in [1.29, 1.82) is 0 Å². The number of hydrogen-bond donors (Lipinski definition) is 2. The molecule has 5 heteroatoms. The monoisotopic (exact) mass is 192 g/mol. The van der Waals surface area contributed by atoms with E-state index in [1.165, 1.54) is 4.57 Å². The number of pyridine rings is 1. The van der Waals surface area contributed by atoms with E-state index in [1.54, 1.807) is 7.05 Å². The minimum absolute atomic E-state index is 0.165. The van der Waals surface area contributed by atoms with Crippen molar-refractivity contribution in [1.82, 2.24) is 14.5 Å². The van der Waals surface area contributed by atoms with E-state index >= 15 is 0 Å². The number of anilines is 1. The van der Waals surface area contributed by atoms with Crippen LogP contribution in [0, 0.1) is 0 Å². The Morgan fingerprint density at radius 1 is 1.64 bits per heavy atom. The summed E-state index contributed by atoms with van der Waals surface area (Å²) >= 11 is 0. The van der Waals surface area contributed by atoms with Crippen molar-refractivity contribution in [2.75, 3.05) is 5.73 Å². The van der Waals surface area contributed by atoms with Crippen LogP contribution in [0.3, 0.4) is 0 Å². The molecule has 0 saturated heterocycles. The molecule has 0 fully saturated rings. The van der Waals surface area contributed by atoms with Crippen LogP contribution in [0.15, 0.2) is 10.9 Å². The first-order valence-electron chi connectivity index (χ1n) is 4.47. The summed E-state index contributed by atoms with van der Waals surface area (Å²) in [4.78, 5) is 18.1. The van der Waals surface area contributed by atoms with E-state index in [2.05, 4.69) is 9.97 Å². The molecule has 2 aromatic heterocycles. The molecule has 74 valence electrons. The normalized spacial score (nSPS) is 11.0. The molecule has 0 unspecified atom stereocenters. The number of fused-ring (bicyclic) bond motifs is 1. The molecule has 0 radical (unpaired) electrons. The SMILES string of the molecule is CCc1cc2c([nH]c(=O)n2C)c(N)n1. The first-order chi connectivity index (χ1) is 6.63. The Hall–Kier alpha value is -1.78. The van der Waals surface area contributed by atoms with Crippen LogP contribution in [0.1, 0.15) is 12.6 Å². The number of nitrogens with one attached hydrogen (secondary N) is 1. The summed E-state index contributed by atoms with van der Waals surface area (Å²) in [5.74, 6) is 0.386. The fourth-order valence-electron chi connectivity index (χ4n) is 1.48. The lowest BCUT2D eigenvalue weighted by atomic mass is 10.2. The fourth-order valence-corrected chi connectivity index (χ4v) is 1.48. The van der Waals surface area contributed by atoms with Gasteiger partial charge >= 0.3 is 5.69 Å². The van der Waals surface area contributed by atoms with E-state index in [9.17, 15) is 4.79 Å². The number of nitrogens with two attached hydrogens (primary N) is 1. The number of aromatic amines is 1. The molecule has 14 heavy (non-hydrogen) atoms. The molecule has 0 aliphatic rings. The van der Waals surface area contributed by atoms with Gasteiger partial charge in [-0.2, -0.15) is 0 Å². The zero-order valence-corrected chi connectivity index (χ0v) is 8.16. The highest BCUT2D eigenvalue weighted by Crippen LogP contribution is 2.16. The molecule has 2 rings (SSSR count). The molecule has 2 heterocycles. The second kappa shape index (κ2) is 2.87. The van der Waals surface area contributed by atoms with Crippen molar-refractivity contribution in [2.45, 2.75) is 13.3 Å². The van der Waals surface area contributed by atoms with Crippen LogP contribution in [0.5, 0.6) is 0 Å². The van der Waals surface area contributed by atoms with Gasteiger partial charge in [0.1, 0.15) is 11.3 Å². The summed E-state index contributed by atoms with van der Waals surface area (Å²) in [6.45, 7) is 2.00. The number of aryl methyl sites for hydroxylation is 2. The predicted molar refractivity (Wildman–Crippen MR) is 55.1 cm³/mol. The summed E-state index contributed by atoms with van der Waals surface area (Å²) in [5, 5.41) is 0. The summed E-state index contributed by atoms with van der Waals surface area (Å²) in [6, 6.07) is 1.88. The standard InChI is InChI=1S/C9H12N4O/c1-3-5-4-6-7(8(10)11-5)12-9(14)13(6)2/h4H,3H2,1-2H3,(H2,10,11)(H,12,14). The van der Waals surface area contributed by atoms with Gasteiger partial charge in [0.25, 0.3) is 0 Å². The smallest absolute Gasteiger partial charge is 0.326 e. The van der Waals surface area contributed by atoms with Gasteiger partial charge in [-0.05, 0) is 12.5 Å². The van der Waals surface area contributed by atoms with Gasteiger partial charge in [0, 0.05) is 12.7 Å². The fraction of sp³-hybridized carbons (Fsp3) is 0.333. The molecule has 5 nitrogen and oxygen atoms in total. The zero-order valence-electron chi connectivity index (χ0n) is 8.16. The van der Waals surface area contributed by atoms with Gasteiger partial charge in [0.15, 0.2) is 0 Å². The molecule has 2 aromatic rings. The van der Waals surface area contributed by atoms with E-state index in [-0.39, 0.29) is 5.69 Å². The number of hydrogen-bond acceptors (Lipinski definition) is 3.